The normalized spacial score (nSPS) is 10.6. The Morgan fingerprint density at radius 1 is 1.47 bits per heavy atom. The Labute approximate surface area is 96.1 Å². The SMILES string of the molecule is COC(=O)/C(Br)=C\c1ccc(C#N)cc1. The first-order chi connectivity index (χ1) is 7.17. The first-order valence-corrected chi connectivity index (χ1v) is 4.92. The number of nitriles is 1. The lowest BCUT2D eigenvalue weighted by Crippen LogP contribution is -1.98. The van der Waals surface area contributed by atoms with Gasteiger partial charge in [0.15, 0.2) is 0 Å². The number of hydrogen-bond donors (Lipinski definition) is 0. The third-order valence-electron chi connectivity index (χ3n) is 1.71. The van der Waals surface area contributed by atoms with Gasteiger partial charge in [0.2, 0.25) is 0 Å². The standard InChI is InChI=1S/C11H8BrNO2/c1-15-11(14)10(12)6-8-2-4-9(7-13)5-3-8/h2-6H,1H3/b10-6+. The summed E-state index contributed by atoms with van der Waals surface area (Å²) >= 11 is 3.10. The molecule has 4 heteroatoms. The molecule has 76 valence electrons. The third kappa shape index (κ3) is 3.22. The quantitative estimate of drug-likeness (QED) is 0.610. The van der Waals surface area contributed by atoms with Crippen molar-refractivity contribution in [1.82, 2.24) is 0 Å². The number of methoxy groups -OCH3 is 1. The fraction of sp³-hybridized carbons (Fsp3) is 0.0909. The summed E-state index contributed by atoms with van der Waals surface area (Å²) in [6.45, 7) is 0. The highest BCUT2D eigenvalue weighted by Crippen LogP contribution is 2.14. The van der Waals surface area contributed by atoms with Gasteiger partial charge in [0.1, 0.15) is 4.48 Å². The first kappa shape index (κ1) is 11.5. The zero-order chi connectivity index (χ0) is 11.3. The van der Waals surface area contributed by atoms with Crippen LogP contribution in [-0.4, -0.2) is 13.1 Å². The van der Waals surface area contributed by atoms with Crippen LogP contribution in [0.3, 0.4) is 0 Å². The molecule has 0 aliphatic heterocycles. The molecule has 0 N–H and O–H groups in total. The van der Waals surface area contributed by atoms with Crippen LogP contribution >= 0.6 is 15.9 Å². The molecule has 15 heavy (non-hydrogen) atoms. The first-order valence-electron chi connectivity index (χ1n) is 4.13. The molecule has 3 nitrogen and oxygen atoms in total. The lowest BCUT2D eigenvalue weighted by molar-refractivity contribution is -0.135. The monoisotopic (exact) mass is 265 g/mol. The van der Waals surface area contributed by atoms with Crippen LogP contribution in [0.4, 0.5) is 0 Å². The van der Waals surface area contributed by atoms with Gasteiger partial charge in [-0.3, -0.25) is 0 Å². The van der Waals surface area contributed by atoms with Crippen molar-refractivity contribution >= 4 is 28.0 Å². The van der Waals surface area contributed by atoms with Crippen LogP contribution in [0, 0.1) is 11.3 Å². The average Bonchev–Trinajstić information content (AvgIpc) is 2.29. The highest BCUT2D eigenvalue weighted by atomic mass is 79.9. The number of ether oxygens (including phenoxy) is 1. The lowest BCUT2D eigenvalue weighted by atomic mass is 10.1. The van der Waals surface area contributed by atoms with Gasteiger partial charge in [0.05, 0.1) is 18.7 Å². The van der Waals surface area contributed by atoms with Crippen LogP contribution < -0.4 is 0 Å². The van der Waals surface area contributed by atoms with E-state index in [0.29, 0.717) is 10.0 Å². The summed E-state index contributed by atoms with van der Waals surface area (Å²) < 4.78 is 4.86. The van der Waals surface area contributed by atoms with Crippen molar-refractivity contribution in [1.29, 1.82) is 5.26 Å². The van der Waals surface area contributed by atoms with Gasteiger partial charge in [0.25, 0.3) is 0 Å². The van der Waals surface area contributed by atoms with Crippen molar-refractivity contribution in [3.63, 3.8) is 0 Å². The molecule has 0 bridgehead atoms. The van der Waals surface area contributed by atoms with Gasteiger partial charge in [0, 0.05) is 0 Å². The predicted molar refractivity (Wildman–Crippen MR) is 60.1 cm³/mol. The van der Waals surface area contributed by atoms with E-state index in [9.17, 15) is 4.79 Å². The van der Waals surface area contributed by atoms with E-state index in [4.69, 9.17) is 5.26 Å². The maximum atomic E-state index is 11.0. The van der Waals surface area contributed by atoms with Crippen LogP contribution in [0.15, 0.2) is 28.7 Å². The fourth-order valence-corrected chi connectivity index (χ4v) is 1.38. The smallest absolute Gasteiger partial charge is 0.344 e. The van der Waals surface area contributed by atoms with Gasteiger partial charge in [-0.1, -0.05) is 12.1 Å². The molecule has 0 fully saturated rings. The van der Waals surface area contributed by atoms with Crippen LogP contribution in [-0.2, 0) is 9.53 Å². The van der Waals surface area contributed by atoms with Gasteiger partial charge in [-0.25, -0.2) is 4.79 Å². The second-order valence-electron chi connectivity index (χ2n) is 2.72. The minimum absolute atomic E-state index is 0.342. The summed E-state index contributed by atoms with van der Waals surface area (Å²) in [7, 11) is 1.32. The number of carbonyl (C=O) groups is 1. The highest BCUT2D eigenvalue weighted by molar-refractivity contribution is 9.12. The van der Waals surface area contributed by atoms with Gasteiger partial charge in [-0.15, -0.1) is 0 Å². The molecule has 1 aromatic carbocycles. The molecule has 0 radical (unpaired) electrons. The summed E-state index contributed by atoms with van der Waals surface area (Å²) in [5, 5.41) is 8.59. The molecule has 0 amide bonds. The van der Waals surface area contributed by atoms with Crippen molar-refractivity contribution in [3.8, 4) is 6.07 Å². The Hall–Kier alpha value is -1.60. The Bertz CT molecular complexity index is 429. The highest BCUT2D eigenvalue weighted by Gasteiger charge is 2.04. The maximum absolute atomic E-state index is 11.0. The van der Waals surface area contributed by atoms with E-state index in [2.05, 4.69) is 20.7 Å². The summed E-state index contributed by atoms with van der Waals surface area (Å²) in [5.41, 5.74) is 1.41. The molecular weight excluding hydrogens is 258 g/mol. The van der Waals surface area contributed by atoms with Crippen molar-refractivity contribution in [2.45, 2.75) is 0 Å². The second-order valence-corrected chi connectivity index (χ2v) is 3.57. The van der Waals surface area contributed by atoms with Gasteiger partial charge in [-0.05, 0) is 39.7 Å². The number of halogens is 1. The number of carbonyl (C=O) groups excluding carboxylic acids is 1. The molecule has 0 aromatic heterocycles. The van der Waals surface area contributed by atoms with Gasteiger partial charge in [-0.2, -0.15) is 5.26 Å². The minimum Gasteiger partial charge on any atom is -0.465 e. The van der Waals surface area contributed by atoms with E-state index in [1.54, 1.807) is 30.3 Å². The fourth-order valence-electron chi connectivity index (χ4n) is 0.957. The largest absolute Gasteiger partial charge is 0.465 e. The predicted octanol–water partition coefficient (Wildman–Crippen LogP) is 2.47. The molecule has 0 aliphatic carbocycles. The van der Waals surface area contributed by atoms with Crippen molar-refractivity contribution in [2.24, 2.45) is 0 Å². The lowest BCUT2D eigenvalue weighted by Gasteiger charge is -1.97. The minimum atomic E-state index is -0.431. The maximum Gasteiger partial charge on any atom is 0.344 e. The number of esters is 1. The molecular formula is C11H8BrNO2. The molecule has 0 saturated heterocycles. The Kier molecular flexibility index (Phi) is 4.07. The van der Waals surface area contributed by atoms with E-state index >= 15 is 0 Å². The molecule has 0 aliphatic rings. The molecule has 1 aromatic rings. The van der Waals surface area contributed by atoms with Crippen LogP contribution in [0.1, 0.15) is 11.1 Å². The summed E-state index contributed by atoms with van der Waals surface area (Å²) in [4.78, 5) is 11.0. The Morgan fingerprint density at radius 3 is 2.53 bits per heavy atom. The van der Waals surface area contributed by atoms with E-state index < -0.39 is 5.97 Å². The molecule has 0 spiro atoms. The summed E-state index contributed by atoms with van der Waals surface area (Å²) in [6.07, 6.45) is 1.63. The molecule has 0 unspecified atom stereocenters. The summed E-state index contributed by atoms with van der Waals surface area (Å²) in [6, 6.07) is 8.89. The second kappa shape index (κ2) is 5.32. The van der Waals surface area contributed by atoms with E-state index in [1.807, 2.05) is 6.07 Å². The summed E-state index contributed by atoms with van der Waals surface area (Å²) in [5.74, 6) is -0.431. The molecule has 1 rings (SSSR count). The van der Waals surface area contributed by atoms with E-state index in [-0.39, 0.29) is 0 Å². The molecule has 0 heterocycles. The number of nitrogens with zero attached hydrogens (tertiary/aromatic N) is 1. The van der Waals surface area contributed by atoms with Crippen LogP contribution in [0.5, 0.6) is 0 Å². The van der Waals surface area contributed by atoms with E-state index in [0.717, 1.165) is 5.56 Å². The zero-order valence-corrected chi connectivity index (χ0v) is 9.61. The molecule has 0 atom stereocenters. The Balaban J connectivity index is 2.90. The average molecular weight is 266 g/mol. The molecule has 0 saturated carbocycles. The van der Waals surface area contributed by atoms with Crippen molar-refractivity contribution in [3.05, 3.63) is 39.9 Å². The number of hydrogen-bond acceptors (Lipinski definition) is 3. The van der Waals surface area contributed by atoms with Crippen LogP contribution in [0.2, 0.25) is 0 Å². The van der Waals surface area contributed by atoms with Crippen LogP contribution in [0.25, 0.3) is 6.08 Å². The van der Waals surface area contributed by atoms with Gasteiger partial charge < -0.3 is 4.74 Å². The topological polar surface area (TPSA) is 50.1 Å². The third-order valence-corrected chi connectivity index (χ3v) is 2.27. The van der Waals surface area contributed by atoms with Crippen molar-refractivity contribution < 1.29 is 9.53 Å². The zero-order valence-electron chi connectivity index (χ0n) is 8.03. The van der Waals surface area contributed by atoms with E-state index in [1.165, 1.54) is 7.11 Å². The number of rotatable bonds is 2. The van der Waals surface area contributed by atoms with Crippen molar-refractivity contribution in [2.75, 3.05) is 7.11 Å². The van der Waals surface area contributed by atoms with Gasteiger partial charge >= 0.3 is 5.97 Å². The Morgan fingerprint density at radius 2 is 2.07 bits per heavy atom. The number of benzene rings is 1.